The SMILES string of the molecule is c1ccc(-c2ccc(N(c3ccc(-c4cccc(-c5ccc6sc7ccc(-c8ccccc8)cc7c6c5)c4)cc3)c3cc4ccccc4c4ccccc34)cc2)cc1. The van der Waals surface area contributed by atoms with Gasteiger partial charge in [-0.05, 0) is 121 Å². The van der Waals surface area contributed by atoms with Crippen LogP contribution in [0.15, 0.2) is 224 Å². The lowest BCUT2D eigenvalue weighted by Crippen LogP contribution is -2.10. The number of fused-ring (bicyclic) bond motifs is 6. The Morgan fingerprint density at radius 3 is 1.29 bits per heavy atom. The Morgan fingerprint density at radius 1 is 0.259 bits per heavy atom. The monoisotopic (exact) mass is 755 g/mol. The van der Waals surface area contributed by atoms with Gasteiger partial charge in [0.05, 0.1) is 5.69 Å². The third kappa shape index (κ3) is 6.12. The Balaban J connectivity index is 0.979. The van der Waals surface area contributed by atoms with Gasteiger partial charge in [-0.15, -0.1) is 11.3 Å². The fourth-order valence-corrected chi connectivity index (χ4v) is 9.60. The first kappa shape index (κ1) is 34.0. The summed E-state index contributed by atoms with van der Waals surface area (Å²) in [5.74, 6) is 0. The van der Waals surface area contributed by atoms with E-state index in [9.17, 15) is 0 Å². The second kappa shape index (κ2) is 14.4. The molecule has 11 rings (SSSR count). The van der Waals surface area contributed by atoms with Crippen LogP contribution in [0.1, 0.15) is 0 Å². The van der Waals surface area contributed by atoms with E-state index in [0.717, 1.165) is 17.1 Å². The van der Waals surface area contributed by atoms with Crippen LogP contribution in [-0.4, -0.2) is 0 Å². The van der Waals surface area contributed by atoms with Crippen LogP contribution in [0.2, 0.25) is 0 Å². The summed E-state index contributed by atoms with van der Waals surface area (Å²) in [4.78, 5) is 2.41. The minimum Gasteiger partial charge on any atom is -0.310 e. The zero-order chi connectivity index (χ0) is 38.4. The molecule has 272 valence electrons. The summed E-state index contributed by atoms with van der Waals surface area (Å²) in [5, 5.41) is 7.58. The number of hydrogen-bond donors (Lipinski definition) is 0. The van der Waals surface area contributed by atoms with Crippen LogP contribution in [-0.2, 0) is 0 Å². The minimum atomic E-state index is 1.11. The molecule has 0 fully saturated rings. The van der Waals surface area contributed by atoms with Gasteiger partial charge >= 0.3 is 0 Å². The molecule has 0 aliphatic carbocycles. The fourth-order valence-electron chi connectivity index (χ4n) is 8.53. The maximum absolute atomic E-state index is 2.41. The molecule has 11 aromatic rings. The van der Waals surface area contributed by atoms with Crippen molar-refractivity contribution in [3.8, 4) is 44.5 Å². The van der Waals surface area contributed by atoms with Crippen molar-refractivity contribution < 1.29 is 0 Å². The van der Waals surface area contributed by atoms with Crippen molar-refractivity contribution in [2.45, 2.75) is 0 Å². The molecule has 0 amide bonds. The van der Waals surface area contributed by atoms with Gasteiger partial charge in [0.25, 0.3) is 0 Å². The van der Waals surface area contributed by atoms with Gasteiger partial charge < -0.3 is 4.90 Å². The van der Waals surface area contributed by atoms with Gasteiger partial charge in [0.1, 0.15) is 0 Å². The van der Waals surface area contributed by atoms with Crippen molar-refractivity contribution in [2.75, 3.05) is 4.90 Å². The molecule has 58 heavy (non-hydrogen) atoms. The van der Waals surface area contributed by atoms with Crippen LogP contribution in [0.5, 0.6) is 0 Å². The van der Waals surface area contributed by atoms with Crippen molar-refractivity contribution in [1.29, 1.82) is 0 Å². The molecule has 0 spiro atoms. The lowest BCUT2D eigenvalue weighted by Gasteiger charge is -2.28. The van der Waals surface area contributed by atoms with Crippen LogP contribution >= 0.6 is 11.3 Å². The Labute approximate surface area is 342 Å². The van der Waals surface area contributed by atoms with Gasteiger partial charge in [-0.2, -0.15) is 0 Å². The van der Waals surface area contributed by atoms with Crippen LogP contribution in [0.3, 0.4) is 0 Å². The van der Waals surface area contributed by atoms with Crippen LogP contribution in [0.25, 0.3) is 86.2 Å². The predicted molar refractivity (Wildman–Crippen MR) is 251 cm³/mol. The molecular formula is C56H37NS. The van der Waals surface area contributed by atoms with E-state index in [1.165, 1.54) is 86.2 Å². The van der Waals surface area contributed by atoms with E-state index >= 15 is 0 Å². The van der Waals surface area contributed by atoms with E-state index in [0.29, 0.717) is 0 Å². The van der Waals surface area contributed by atoms with E-state index in [2.05, 4.69) is 229 Å². The molecule has 0 saturated heterocycles. The van der Waals surface area contributed by atoms with Gasteiger partial charge in [0.2, 0.25) is 0 Å². The predicted octanol–water partition coefficient (Wildman–Crippen LogP) is 16.5. The van der Waals surface area contributed by atoms with Crippen molar-refractivity contribution in [3.63, 3.8) is 0 Å². The zero-order valence-electron chi connectivity index (χ0n) is 31.7. The summed E-state index contributed by atoms with van der Waals surface area (Å²) in [6, 6.07) is 81.9. The topological polar surface area (TPSA) is 3.24 Å². The van der Waals surface area contributed by atoms with Crippen LogP contribution in [0, 0.1) is 0 Å². The standard InChI is InChI=1S/C56H37NS/c1-3-12-38(13-4-1)40-22-28-47(29-23-40)57(54-37-46-16-7-8-19-49(46)50-20-9-10-21-51(50)54)48-30-24-41(25-31-48)42-17-11-18-43(34-42)45-27-33-56-53(36-45)52-35-44(26-32-55(52)58-56)39-14-5-2-6-15-39/h1-37H. The highest BCUT2D eigenvalue weighted by atomic mass is 32.1. The number of rotatable bonds is 7. The molecule has 0 aliphatic rings. The number of thiophene rings is 1. The number of benzene rings is 10. The van der Waals surface area contributed by atoms with Gasteiger partial charge in [0, 0.05) is 36.9 Å². The summed E-state index contributed by atoms with van der Waals surface area (Å²) in [6.45, 7) is 0. The number of hydrogen-bond acceptors (Lipinski definition) is 2. The average molecular weight is 756 g/mol. The van der Waals surface area contributed by atoms with Gasteiger partial charge in [0.15, 0.2) is 0 Å². The van der Waals surface area contributed by atoms with Crippen molar-refractivity contribution in [2.24, 2.45) is 0 Å². The quantitative estimate of drug-likeness (QED) is 0.146. The zero-order valence-corrected chi connectivity index (χ0v) is 32.5. The molecule has 0 N–H and O–H groups in total. The lowest BCUT2D eigenvalue weighted by atomic mass is 9.97. The molecule has 0 radical (unpaired) electrons. The minimum absolute atomic E-state index is 1.11. The molecule has 1 heterocycles. The van der Waals surface area contributed by atoms with Gasteiger partial charge in [-0.25, -0.2) is 0 Å². The maximum atomic E-state index is 2.41. The van der Waals surface area contributed by atoms with E-state index in [-0.39, 0.29) is 0 Å². The van der Waals surface area contributed by atoms with E-state index < -0.39 is 0 Å². The largest absolute Gasteiger partial charge is 0.310 e. The molecule has 1 aromatic heterocycles. The summed E-state index contributed by atoms with van der Waals surface area (Å²) in [5.41, 5.74) is 13.1. The summed E-state index contributed by atoms with van der Waals surface area (Å²) in [6.07, 6.45) is 0. The highest BCUT2D eigenvalue weighted by Crippen LogP contribution is 2.43. The molecule has 10 aromatic carbocycles. The third-order valence-electron chi connectivity index (χ3n) is 11.5. The normalized spacial score (nSPS) is 11.4. The van der Waals surface area contributed by atoms with Crippen LogP contribution in [0.4, 0.5) is 17.1 Å². The van der Waals surface area contributed by atoms with E-state index in [1.807, 2.05) is 11.3 Å². The Kier molecular flexibility index (Phi) is 8.42. The first-order chi connectivity index (χ1) is 28.7. The maximum Gasteiger partial charge on any atom is 0.0546 e. The fraction of sp³-hybridized carbons (Fsp3) is 0. The Hall–Kier alpha value is -7.26. The highest BCUT2D eigenvalue weighted by molar-refractivity contribution is 7.25. The van der Waals surface area contributed by atoms with E-state index in [4.69, 9.17) is 0 Å². The first-order valence-electron chi connectivity index (χ1n) is 19.8. The van der Waals surface area contributed by atoms with Crippen molar-refractivity contribution in [1.82, 2.24) is 0 Å². The summed E-state index contributed by atoms with van der Waals surface area (Å²) >= 11 is 1.87. The molecule has 0 atom stereocenters. The molecule has 0 bridgehead atoms. The average Bonchev–Trinajstić information content (AvgIpc) is 3.67. The molecule has 2 heteroatoms. The molecule has 0 saturated carbocycles. The van der Waals surface area contributed by atoms with E-state index in [1.54, 1.807) is 0 Å². The lowest BCUT2D eigenvalue weighted by molar-refractivity contribution is 1.30. The van der Waals surface area contributed by atoms with Crippen molar-refractivity contribution in [3.05, 3.63) is 224 Å². The van der Waals surface area contributed by atoms with Gasteiger partial charge in [-0.3, -0.25) is 0 Å². The molecule has 1 nitrogen and oxygen atoms in total. The highest BCUT2D eigenvalue weighted by Gasteiger charge is 2.18. The smallest absolute Gasteiger partial charge is 0.0546 e. The molecule has 0 unspecified atom stereocenters. The van der Waals surface area contributed by atoms with Crippen LogP contribution < -0.4 is 4.90 Å². The second-order valence-corrected chi connectivity index (χ2v) is 16.0. The van der Waals surface area contributed by atoms with Crippen molar-refractivity contribution >= 4 is 70.1 Å². The molecular weight excluding hydrogens is 719 g/mol. The number of nitrogens with zero attached hydrogens (tertiary/aromatic N) is 1. The third-order valence-corrected chi connectivity index (χ3v) is 12.6. The molecule has 0 aliphatic heterocycles. The first-order valence-corrected chi connectivity index (χ1v) is 20.6. The number of anilines is 3. The summed E-state index contributed by atoms with van der Waals surface area (Å²) in [7, 11) is 0. The van der Waals surface area contributed by atoms with Gasteiger partial charge in [-0.1, -0.05) is 164 Å². The Morgan fingerprint density at radius 2 is 0.672 bits per heavy atom. The summed E-state index contributed by atoms with van der Waals surface area (Å²) < 4.78 is 2.63. The second-order valence-electron chi connectivity index (χ2n) is 14.9. The Bertz CT molecular complexity index is 3250.